The maximum absolute atomic E-state index is 11.5. The predicted octanol–water partition coefficient (Wildman–Crippen LogP) is 6.21. The number of para-hydroxylation sites is 1. The third-order valence-electron chi connectivity index (χ3n) is 5.34. The van der Waals surface area contributed by atoms with E-state index in [0.717, 1.165) is 27.6 Å². The molecule has 0 aliphatic rings. The summed E-state index contributed by atoms with van der Waals surface area (Å²) in [5.74, 6) is 0.678. The highest BCUT2D eigenvalue weighted by atomic mass is 35.5. The van der Waals surface area contributed by atoms with Crippen LogP contribution in [0.2, 0.25) is 5.02 Å². The lowest BCUT2D eigenvalue weighted by Crippen LogP contribution is -2.14. The van der Waals surface area contributed by atoms with Crippen LogP contribution in [0, 0.1) is 10.1 Å². The molecule has 0 spiro atoms. The number of aromatic amines is 1. The van der Waals surface area contributed by atoms with Gasteiger partial charge in [-0.15, -0.1) is 0 Å². The molecule has 0 unspecified atom stereocenters. The van der Waals surface area contributed by atoms with Gasteiger partial charge in [0.25, 0.3) is 0 Å². The van der Waals surface area contributed by atoms with Gasteiger partial charge >= 0.3 is 0 Å². The molecule has 1 aromatic heterocycles. The minimum absolute atomic E-state index is 0.229. The Morgan fingerprint density at radius 2 is 1.81 bits per heavy atom. The van der Waals surface area contributed by atoms with Crippen LogP contribution < -0.4 is 9.47 Å². The second kappa shape index (κ2) is 9.75. The molecule has 0 fully saturated rings. The number of fused-ring (bicyclic) bond motifs is 1. The summed E-state index contributed by atoms with van der Waals surface area (Å²) in [5.41, 5.74) is 3.48. The quantitative estimate of drug-likeness (QED) is 0.243. The van der Waals surface area contributed by atoms with Crippen LogP contribution in [-0.2, 0) is 6.61 Å². The normalized spacial score (nSPS) is 11.9. The first-order valence-electron chi connectivity index (χ1n) is 10.4. The number of ether oxygens (including phenoxy) is 2. The van der Waals surface area contributed by atoms with Gasteiger partial charge in [0.05, 0.1) is 12.5 Å². The number of hydrogen-bond acceptors (Lipinski definition) is 4. The average Bonchev–Trinajstić information content (AvgIpc) is 3.22. The summed E-state index contributed by atoms with van der Waals surface area (Å²) in [7, 11) is 0. The summed E-state index contributed by atoms with van der Waals surface area (Å²) in [6.45, 7) is 2.39. The van der Waals surface area contributed by atoms with Crippen LogP contribution in [0.1, 0.15) is 29.5 Å². The summed E-state index contributed by atoms with van der Waals surface area (Å²) in [5, 5.41) is 13.1. The van der Waals surface area contributed by atoms with Gasteiger partial charge in [0.15, 0.2) is 11.5 Å². The van der Waals surface area contributed by atoms with Crippen molar-refractivity contribution >= 4 is 22.5 Å². The van der Waals surface area contributed by atoms with Gasteiger partial charge in [-0.05, 0) is 42.3 Å². The highest BCUT2D eigenvalue weighted by molar-refractivity contribution is 6.31. The van der Waals surface area contributed by atoms with Crippen LogP contribution in [0.25, 0.3) is 10.9 Å². The topological polar surface area (TPSA) is 77.4 Å². The molecule has 0 aliphatic heterocycles. The Labute approximate surface area is 190 Å². The van der Waals surface area contributed by atoms with Crippen LogP contribution in [0.5, 0.6) is 11.5 Å². The molecule has 6 nitrogen and oxygen atoms in total. The van der Waals surface area contributed by atoms with Crippen LogP contribution in [0.3, 0.4) is 0 Å². The molecule has 1 N–H and O–H groups in total. The van der Waals surface area contributed by atoms with Crippen molar-refractivity contribution < 1.29 is 14.4 Å². The number of halogens is 1. The van der Waals surface area contributed by atoms with Crippen molar-refractivity contribution in [3.63, 3.8) is 0 Å². The Balaban J connectivity index is 1.68. The first kappa shape index (κ1) is 21.7. The van der Waals surface area contributed by atoms with E-state index in [9.17, 15) is 10.1 Å². The van der Waals surface area contributed by atoms with Gasteiger partial charge in [-0.1, -0.05) is 54.1 Å². The maximum atomic E-state index is 11.5. The summed E-state index contributed by atoms with van der Waals surface area (Å²) in [4.78, 5) is 14.4. The maximum Gasteiger partial charge on any atom is 0.214 e. The number of H-pyrrole nitrogens is 1. The first-order valence-corrected chi connectivity index (χ1v) is 10.8. The van der Waals surface area contributed by atoms with Gasteiger partial charge < -0.3 is 14.5 Å². The number of nitro groups is 1. The summed E-state index contributed by atoms with van der Waals surface area (Å²) >= 11 is 6.23. The highest BCUT2D eigenvalue weighted by Gasteiger charge is 2.24. The fourth-order valence-electron chi connectivity index (χ4n) is 3.81. The number of nitrogens with zero attached hydrogens (tertiary/aromatic N) is 1. The van der Waals surface area contributed by atoms with Gasteiger partial charge in [-0.3, -0.25) is 10.1 Å². The monoisotopic (exact) mass is 450 g/mol. The molecule has 0 radical (unpaired) electrons. The van der Waals surface area contributed by atoms with Crippen molar-refractivity contribution in [1.82, 2.24) is 4.98 Å². The smallest absolute Gasteiger partial charge is 0.214 e. The largest absolute Gasteiger partial charge is 0.490 e. The molecule has 0 amide bonds. The molecule has 4 aromatic rings. The highest BCUT2D eigenvalue weighted by Crippen LogP contribution is 2.37. The minimum Gasteiger partial charge on any atom is -0.490 e. The van der Waals surface area contributed by atoms with Gasteiger partial charge in [0, 0.05) is 32.6 Å². The van der Waals surface area contributed by atoms with Gasteiger partial charge in [-0.25, -0.2) is 0 Å². The van der Waals surface area contributed by atoms with E-state index in [2.05, 4.69) is 4.98 Å². The van der Waals surface area contributed by atoms with E-state index in [4.69, 9.17) is 21.1 Å². The zero-order chi connectivity index (χ0) is 22.5. The van der Waals surface area contributed by atoms with Crippen molar-refractivity contribution in [3.05, 3.63) is 105 Å². The molecule has 0 saturated heterocycles. The Morgan fingerprint density at radius 3 is 2.59 bits per heavy atom. The molecular weight excluding hydrogens is 428 g/mol. The Kier molecular flexibility index (Phi) is 6.61. The second-order valence-electron chi connectivity index (χ2n) is 7.38. The standard InChI is InChI=1S/C25H23ClN2O4/c1-2-31-25-13-17(11-12-24(25)32-16-18-7-3-5-9-22(18)26)21(15-28(29)30)20-14-27-23-10-6-4-8-19(20)23/h3-14,21,27H,2,15-16H2,1H3/t21-/m1/s1. The molecule has 32 heavy (non-hydrogen) atoms. The fourth-order valence-corrected chi connectivity index (χ4v) is 4.00. The zero-order valence-electron chi connectivity index (χ0n) is 17.6. The van der Waals surface area contributed by atoms with Gasteiger partial charge in [0.2, 0.25) is 6.54 Å². The molecule has 164 valence electrons. The summed E-state index contributed by atoms with van der Waals surface area (Å²) < 4.78 is 11.8. The lowest BCUT2D eigenvalue weighted by Gasteiger charge is -2.17. The van der Waals surface area contributed by atoms with Crippen LogP contribution in [0.15, 0.2) is 72.9 Å². The number of benzene rings is 3. The minimum atomic E-state index is -0.432. The van der Waals surface area contributed by atoms with Gasteiger partial charge in [-0.2, -0.15) is 0 Å². The van der Waals surface area contributed by atoms with Crippen LogP contribution in [-0.4, -0.2) is 23.1 Å². The molecule has 0 aliphatic carbocycles. The van der Waals surface area contributed by atoms with Crippen molar-refractivity contribution in [3.8, 4) is 11.5 Å². The van der Waals surface area contributed by atoms with E-state index >= 15 is 0 Å². The van der Waals surface area contributed by atoms with Gasteiger partial charge in [0.1, 0.15) is 6.61 Å². The molecular formula is C25H23ClN2O4. The third kappa shape index (κ3) is 4.70. The first-order chi connectivity index (χ1) is 15.6. The Bertz CT molecular complexity index is 1240. The Hall–Kier alpha value is -3.51. The number of aromatic nitrogens is 1. The Morgan fingerprint density at radius 1 is 1.03 bits per heavy atom. The lowest BCUT2D eigenvalue weighted by molar-refractivity contribution is -0.481. The van der Waals surface area contributed by atoms with Crippen LogP contribution in [0.4, 0.5) is 0 Å². The van der Waals surface area contributed by atoms with Crippen LogP contribution >= 0.6 is 11.6 Å². The number of nitrogens with one attached hydrogen (secondary N) is 1. The van der Waals surface area contributed by atoms with Crippen molar-refractivity contribution in [2.45, 2.75) is 19.4 Å². The van der Waals surface area contributed by atoms with Crippen molar-refractivity contribution in [2.75, 3.05) is 13.2 Å². The number of hydrogen-bond donors (Lipinski definition) is 1. The molecule has 7 heteroatoms. The molecule has 3 aromatic carbocycles. The lowest BCUT2D eigenvalue weighted by atomic mass is 9.90. The van der Waals surface area contributed by atoms with Crippen molar-refractivity contribution in [1.29, 1.82) is 0 Å². The van der Waals surface area contributed by atoms with Crippen molar-refractivity contribution in [2.24, 2.45) is 0 Å². The van der Waals surface area contributed by atoms with E-state index in [1.165, 1.54) is 0 Å². The molecule has 1 atom stereocenters. The predicted molar refractivity (Wildman–Crippen MR) is 125 cm³/mol. The van der Waals surface area contributed by atoms with E-state index in [0.29, 0.717) is 29.7 Å². The average molecular weight is 451 g/mol. The van der Waals surface area contributed by atoms with E-state index in [-0.39, 0.29) is 11.5 Å². The molecule has 0 bridgehead atoms. The summed E-state index contributed by atoms with van der Waals surface area (Å²) in [6, 6.07) is 20.8. The number of rotatable bonds is 9. The summed E-state index contributed by atoms with van der Waals surface area (Å²) in [6.07, 6.45) is 1.85. The van der Waals surface area contributed by atoms with E-state index in [1.807, 2.05) is 73.8 Å². The SMILES string of the molecule is CCOc1cc([C@@H](C[N+](=O)[O-])c2c[nH]c3ccccc23)ccc1OCc1ccccc1Cl. The zero-order valence-corrected chi connectivity index (χ0v) is 18.3. The second-order valence-corrected chi connectivity index (χ2v) is 7.78. The fraction of sp³-hybridized carbons (Fsp3) is 0.200. The molecule has 1 heterocycles. The molecule has 4 rings (SSSR count). The molecule has 0 saturated carbocycles. The van der Waals surface area contributed by atoms with E-state index in [1.54, 1.807) is 6.07 Å². The van der Waals surface area contributed by atoms with E-state index < -0.39 is 5.92 Å². The third-order valence-corrected chi connectivity index (χ3v) is 5.71.